The molecule has 0 aliphatic rings. The first-order chi connectivity index (χ1) is 17.8. The van der Waals surface area contributed by atoms with Crippen molar-refractivity contribution in [2.45, 2.75) is 51.9 Å². The molecule has 6 heteroatoms. The molecule has 0 N–H and O–H groups in total. The number of carbonyl (C=O) groups is 1. The molecule has 1 unspecified atom stereocenters. The molecule has 0 amide bonds. The number of rotatable bonds is 10. The van der Waals surface area contributed by atoms with Gasteiger partial charge in [-0.2, -0.15) is 0 Å². The number of aryl methyl sites for hydroxylation is 2. The van der Waals surface area contributed by atoms with Crippen LogP contribution >= 0.6 is 0 Å². The van der Waals surface area contributed by atoms with E-state index in [9.17, 15) is 13.6 Å². The van der Waals surface area contributed by atoms with Gasteiger partial charge in [-0.25, -0.2) is 8.78 Å². The molecule has 1 heterocycles. The number of alkyl halides is 2. The van der Waals surface area contributed by atoms with Crippen LogP contribution in [0.1, 0.15) is 48.6 Å². The molecule has 0 spiro atoms. The fourth-order valence-electron chi connectivity index (χ4n) is 4.32. The molecule has 0 saturated carbocycles. The lowest BCUT2D eigenvalue weighted by atomic mass is 9.95. The first-order valence-corrected chi connectivity index (χ1v) is 12.5. The second kappa shape index (κ2) is 11.5. The van der Waals surface area contributed by atoms with Crippen LogP contribution in [0.3, 0.4) is 0 Å². The SMILES string of the molecule is CCOC(=O)C(C)c1ccc(-c2ccc(-c3onc(C)c3CC(F)(F)CCc3ccccc3)cc2)cc1. The summed E-state index contributed by atoms with van der Waals surface area (Å²) in [5.41, 5.74) is 5.33. The van der Waals surface area contributed by atoms with Crippen LogP contribution in [0, 0.1) is 6.92 Å². The second-order valence-corrected chi connectivity index (χ2v) is 9.27. The summed E-state index contributed by atoms with van der Waals surface area (Å²) in [5, 5.41) is 3.98. The highest BCUT2D eigenvalue weighted by atomic mass is 19.3. The third-order valence-corrected chi connectivity index (χ3v) is 6.57. The lowest BCUT2D eigenvalue weighted by Gasteiger charge is -2.16. The number of carbonyl (C=O) groups excluding carboxylic acids is 1. The van der Waals surface area contributed by atoms with Crippen molar-refractivity contribution in [1.29, 1.82) is 0 Å². The summed E-state index contributed by atoms with van der Waals surface area (Å²) >= 11 is 0. The Labute approximate surface area is 216 Å². The van der Waals surface area contributed by atoms with Crippen molar-refractivity contribution in [3.05, 3.63) is 101 Å². The van der Waals surface area contributed by atoms with Crippen molar-refractivity contribution in [1.82, 2.24) is 5.16 Å². The maximum Gasteiger partial charge on any atom is 0.313 e. The van der Waals surface area contributed by atoms with E-state index >= 15 is 0 Å². The van der Waals surface area contributed by atoms with Crippen molar-refractivity contribution < 1.29 is 22.8 Å². The number of aromatic nitrogens is 1. The minimum Gasteiger partial charge on any atom is -0.466 e. The molecule has 0 saturated heterocycles. The maximum atomic E-state index is 14.9. The smallest absolute Gasteiger partial charge is 0.313 e. The Balaban J connectivity index is 1.47. The van der Waals surface area contributed by atoms with Crippen molar-refractivity contribution in [2.24, 2.45) is 0 Å². The van der Waals surface area contributed by atoms with E-state index in [-0.39, 0.29) is 18.3 Å². The molecular formula is C31H31F2NO3. The molecule has 0 aliphatic heterocycles. The van der Waals surface area contributed by atoms with Gasteiger partial charge >= 0.3 is 5.97 Å². The second-order valence-electron chi connectivity index (χ2n) is 9.27. The third-order valence-electron chi connectivity index (χ3n) is 6.57. The molecule has 3 aromatic carbocycles. The van der Waals surface area contributed by atoms with E-state index in [2.05, 4.69) is 5.16 Å². The number of ether oxygens (including phenoxy) is 1. The van der Waals surface area contributed by atoms with E-state index in [4.69, 9.17) is 9.26 Å². The van der Waals surface area contributed by atoms with Crippen LogP contribution in [-0.2, 0) is 22.4 Å². The topological polar surface area (TPSA) is 52.3 Å². The highest BCUT2D eigenvalue weighted by molar-refractivity contribution is 5.78. The van der Waals surface area contributed by atoms with E-state index in [0.29, 0.717) is 35.6 Å². The largest absolute Gasteiger partial charge is 0.466 e. The van der Waals surface area contributed by atoms with Crippen molar-refractivity contribution in [3.8, 4) is 22.5 Å². The number of hydrogen-bond acceptors (Lipinski definition) is 4. The zero-order valence-electron chi connectivity index (χ0n) is 21.3. The Hall–Kier alpha value is -3.80. The number of halogens is 2. The van der Waals surface area contributed by atoms with E-state index in [1.165, 1.54) is 0 Å². The number of nitrogens with zero attached hydrogens (tertiary/aromatic N) is 1. The molecule has 1 atom stereocenters. The molecule has 192 valence electrons. The minimum atomic E-state index is -2.89. The lowest BCUT2D eigenvalue weighted by Crippen LogP contribution is -2.21. The Morgan fingerprint density at radius 3 is 2.16 bits per heavy atom. The monoisotopic (exact) mass is 503 g/mol. The molecule has 1 aromatic heterocycles. The Bertz CT molecular complexity index is 1310. The molecule has 4 nitrogen and oxygen atoms in total. The Morgan fingerprint density at radius 2 is 1.54 bits per heavy atom. The van der Waals surface area contributed by atoms with Gasteiger partial charge in [0.1, 0.15) is 0 Å². The summed E-state index contributed by atoms with van der Waals surface area (Å²) in [6.07, 6.45) is -0.364. The Kier molecular flexibility index (Phi) is 8.17. The van der Waals surface area contributed by atoms with Gasteiger partial charge in [-0.15, -0.1) is 0 Å². The van der Waals surface area contributed by atoms with E-state index in [1.54, 1.807) is 13.8 Å². The molecular weight excluding hydrogens is 472 g/mol. The normalized spacial score (nSPS) is 12.4. The van der Waals surface area contributed by atoms with E-state index < -0.39 is 12.3 Å². The summed E-state index contributed by atoms with van der Waals surface area (Å²) in [7, 11) is 0. The average molecular weight is 504 g/mol. The molecule has 4 rings (SSSR count). The molecule has 37 heavy (non-hydrogen) atoms. The highest BCUT2D eigenvalue weighted by Crippen LogP contribution is 2.34. The number of esters is 1. The van der Waals surface area contributed by atoms with Gasteiger partial charge in [-0.1, -0.05) is 84.0 Å². The van der Waals surface area contributed by atoms with Crippen molar-refractivity contribution in [3.63, 3.8) is 0 Å². The molecule has 0 aliphatic carbocycles. The molecule has 0 bridgehead atoms. The van der Waals surface area contributed by atoms with Crippen LogP contribution in [0.15, 0.2) is 83.4 Å². The zero-order chi connectivity index (χ0) is 26.4. The van der Waals surface area contributed by atoms with E-state index in [0.717, 1.165) is 22.3 Å². The zero-order valence-corrected chi connectivity index (χ0v) is 21.3. The van der Waals surface area contributed by atoms with Crippen LogP contribution in [0.4, 0.5) is 8.78 Å². The van der Waals surface area contributed by atoms with Crippen LogP contribution in [-0.4, -0.2) is 23.7 Å². The predicted octanol–water partition coefficient (Wildman–Crippen LogP) is 7.79. The van der Waals surface area contributed by atoms with Gasteiger partial charge in [-0.05, 0) is 49.4 Å². The summed E-state index contributed by atoms with van der Waals surface area (Å²) in [6, 6.07) is 24.6. The summed E-state index contributed by atoms with van der Waals surface area (Å²) in [5.74, 6) is -3.09. The fourth-order valence-corrected chi connectivity index (χ4v) is 4.32. The predicted molar refractivity (Wildman–Crippen MR) is 141 cm³/mol. The maximum absolute atomic E-state index is 14.9. The Morgan fingerprint density at radius 1 is 0.946 bits per heavy atom. The van der Waals surface area contributed by atoms with Gasteiger partial charge in [0.05, 0.1) is 18.2 Å². The molecule has 0 radical (unpaired) electrons. The minimum absolute atomic E-state index is 0.245. The summed E-state index contributed by atoms with van der Waals surface area (Å²) in [4.78, 5) is 12.0. The van der Waals surface area contributed by atoms with E-state index in [1.807, 2.05) is 85.8 Å². The average Bonchev–Trinajstić information content (AvgIpc) is 3.27. The van der Waals surface area contributed by atoms with Crippen LogP contribution < -0.4 is 0 Å². The molecule has 4 aromatic rings. The van der Waals surface area contributed by atoms with Gasteiger partial charge < -0.3 is 9.26 Å². The van der Waals surface area contributed by atoms with Gasteiger partial charge in [0, 0.05) is 24.0 Å². The van der Waals surface area contributed by atoms with Gasteiger partial charge in [0.25, 0.3) is 5.92 Å². The van der Waals surface area contributed by atoms with Crippen LogP contribution in [0.2, 0.25) is 0 Å². The van der Waals surface area contributed by atoms with Crippen LogP contribution in [0.25, 0.3) is 22.5 Å². The first kappa shape index (κ1) is 26.3. The molecule has 0 fully saturated rings. The van der Waals surface area contributed by atoms with Crippen molar-refractivity contribution >= 4 is 5.97 Å². The van der Waals surface area contributed by atoms with Gasteiger partial charge in [0.15, 0.2) is 5.76 Å². The number of hydrogen-bond donors (Lipinski definition) is 0. The number of benzene rings is 3. The first-order valence-electron chi connectivity index (χ1n) is 12.5. The van der Waals surface area contributed by atoms with Crippen LogP contribution in [0.5, 0.6) is 0 Å². The summed E-state index contributed by atoms with van der Waals surface area (Å²) < 4.78 is 40.4. The lowest BCUT2D eigenvalue weighted by molar-refractivity contribution is -0.144. The fraction of sp³-hybridized carbons (Fsp3) is 0.290. The summed E-state index contributed by atoms with van der Waals surface area (Å²) in [6.45, 7) is 5.66. The van der Waals surface area contributed by atoms with Gasteiger partial charge in [0.2, 0.25) is 0 Å². The highest BCUT2D eigenvalue weighted by Gasteiger charge is 2.32. The van der Waals surface area contributed by atoms with Gasteiger partial charge in [-0.3, -0.25) is 4.79 Å². The van der Waals surface area contributed by atoms with Crippen molar-refractivity contribution in [2.75, 3.05) is 6.61 Å². The standard InChI is InChI=1S/C31H31F2NO3/c1-4-36-30(35)21(2)24-10-12-25(13-11-24)26-14-16-27(17-15-26)29-28(22(3)34-37-29)20-31(32,33)19-18-23-8-6-5-7-9-23/h5-17,21H,4,18-20H2,1-3H3. The quantitative estimate of drug-likeness (QED) is 0.207. The third kappa shape index (κ3) is 6.50.